The zero-order valence-electron chi connectivity index (χ0n) is 22.8. The van der Waals surface area contributed by atoms with Crippen molar-refractivity contribution in [3.8, 4) is 27.6 Å². The Balaban J connectivity index is 1.50. The summed E-state index contributed by atoms with van der Waals surface area (Å²) < 4.78 is 5.82. The number of fused-ring (bicyclic) bond motifs is 1. The van der Waals surface area contributed by atoms with Gasteiger partial charge in [-0.25, -0.2) is 9.97 Å². The number of H-pyrrole nitrogens is 1. The van der Waals surface area contributed by atoms with Gasteiger partial charge in [0.05, 0.1) is 23.9 Å². The van der Waals surface area contributed by atoms with Crippen LogP contribution in [0.25, 0.3) is 32.7 Å². The summed E-state index contributed by atoms with van der Waals surface area (Å²) in [6.45, 7) is 1.30. The second-order valence-corrected chi connectivity index (χ2v) is 10.5. The highest BCUT2D eigenvalue weighted by molar-refractivity contribution is 7.13. The minimum Gasteiger partial charge on any atom is -0.496 e. The van der Waals surface area contributed by atoms with Crippen molar-refractivity contribution >= 4 is 34.0 Å². The molecule has 3 heterocycles. The third-order valence-corrected chi connectivity index (χ3v) is 7.84. The van der Waals surface area contributed by atoms with Crippen molar-refractivity contribution in [3.63, 3.8) is 0 Å². The molecule has 3 aromatic carbocycles. The van der Waals surface area contributed by atoms with Gasteiger partial charge in [0, 0.05) is 54.4 Å². The average Bonchev–Trinajstić information content (AvgIpc) is 3.72. The van der Waals surface area contributed by atoms with E-state index in [9.17, 15) is 4.79 Å². The summed E-state index contributed by atoms with van der Waals surface area (Å²) in [6, 6.07) is 28.7. The molecule has 0 fully saturated rings. The van der Waals surface area contributed by atoms with Gasteiger partial charge in [-0.2, -0.15) is 0 Å². The molecule has 0 unspecified atom stereocenters. The van der Waals surface area contributed by atoms with E-state index in [0.29, 0.717) is 24.4 Å². The molecule has 0 spiro atoms. The van der Waals surface area contributed by atoms with Gasteiger partial charge < -0.3 is 19.9 Å². The number of ether oxygens (including phenoxy) is 1. The normalized spacial score (nSPS) is 11.0. The molecule has 1 amide bonds. The molecule has 0 bridgehead atoms. The quantitative estimate of drug-likeness (QED) is 0.201. The van der Waals surface area contributed by atoms with Gasteiger partial charge in [0.1, 0.15) is 10.8 Å². The molecule has 0 aliphatic rings. The molecule has 0 radical (unpaired) electrons. The van der Waals surface area contributed by atoms with E-state index in [1.54, 1.807) is 37.9 Å². The molecule has 6 rings (SSSR count). The number of thiazole rings is 1. The Bertz CT molecular complexity index is 1740. The molecule has 6 aromatic rings. The first-order valence-electron chi connectivity index (χ1n) is 13.3. The van der Waals surface area contributed by atoms with E-state index in [0.717, 1.165) is 38.5 Å². The van der Waals surface area contributed by atoms with Crippen molar-refractivity contribution in [1.29, 1.82) is 0 Å². The highest BCUT2D eigenvalue weighted by Crippen LogP contribution is 2.38. The summed E-state index contributed by atoms with van der Waals surface area (Å²) >= 11 is 1.58. The number of nitrogens with zero attached hydrogens (tertiary/aromatic N) is 3. The standard InChI is InChI=1S/C33H29N5O2S/c1-34-32(39)27-19-36-31(38(20-22-9-5-3-6-10-22)21-23-11-7-4-8-12-23)30-26(27)18-28(37-30)25-14-13-24(17-29(25)40-2)33-35-15-16-41-33/h3-19,37H,20-21H2,1-2H3,(H,34,39). The van der Waals surface area contributed by atoms with Crippen LogP contribution in [0.3, 0.4) is 0 Å². The number of aromatic nitrogens is 3. The Hall–Kier alpha value is -4.95. The second kappa shape index (κ2) is 11.7. The zero-order chi connectivity index (χ0) is 28.2. The van der Waals surface area contributed by atoms with Crippen LogP contribution in [0.15, 0.2) is 103 Å². The first-order chi connectivity index (χ1) is 20.1. The number of rotatable bonds is 9. The second-order valence-electron chi connectivity index (χ2n) is 9.63. The third kappa shape index (κ3) is 5.42. The van der Waals surface area contributed by atoms with Crippen molar-refractivity contribution in [2.75, 3.05) is 19.1 Å². The summed E-state index contributed by atoms with van der Waals surface area (Å²) in [5.74, 6) is 1.29. The Labute approximate surface area is 242 Å². The third-order valence-electron chi connectivity index (χ3n) is 7.02. The van der Waals surface area contributed by atoms with Crippen molar-refractivity contribution in [3.05, 3.63) is 119 Å². The van der Waals surface area contributed by atoms with E-state index in [1.165, 1.54) is 11.1 Å². The lowest BCUT2D eigenvalue weighted by Crippen LogP contribution is -2.24. The maximum Gasteiger partial charge on any atom is 0.253 e. The minimum atomic E-state index is -0.191. The van der Waals surface area contributed by atoms with Gasteiger partial charge >= 0.3 is 0 Å². The highest BCUT2D eigenvalue weighted by Gasteiger charge is 2.22. The van der Waals surface area contributed by atoms with Crippen LogP contribution < -0.4 is 15.0 Å². The smallest absolute Gasteiger partial charge is 0.253 e. The van der Waals surface area contributed by atoms with Crippen LogP contribution in [0.4, 0.5) is 5.82 Å². The minimum absolute atomic E-state index is 0.191. The number of anilines is 1. The number of amides is 1. The predicted octanol–water partition coefficient (Wildman–Crippen LogP) is 6.93. The topological polar surface area (TPSA) is 83.1 Å². The van der Waals surface area contributed by atoms with Crippen molar-refractivity contribution in [1.82, 2.24) is 20.3 Å². The Morgan fingerprint density at radius 2 is 1.66 bits per heavy atom. The largest absolute Gasteiger partial charge is 0.496 e. The number of carbonyl (C=O) groups excluding carboxylic acids is 1. The SMILES string of the molecule is CNC(=O)c1cnc(N(Cc2ccccc2)Cc2ccccc2)c2[nH]c(-c3ccc(-c4nccs4)cc3OC)cc12. The Morgan fingerprint density at radius 3 is 2.27 bits per heavy atom. The summed E-state index contributed by atoms with van der Waals surface area (Å²) in [5, 5.41) is 6.44. The van der Waals surface area contributed by atoms with E-state index in [2.05, 4.69) is 44.5 Å². The molecule has 0 saturated heterocycles. The number of nitrogens with one attached hydrogen (secondary N) is 2. The van der Waals surface area contributed by atoms with Gasteiger partial charge in [-0.15, -0.1) is 11.3 Å². The number of hydrogen-bond acceptors (Lipinski definition) is 6. The fourth-order valence-electron chi connectivity index (χ4n) is 5.03. The van der Waals surface area contributed by atoms with Crippen LogP contribution in [-0.4, -0.2) is 35.0 Å². The molecule has 3 aromatic heterocycles. The van der Waals surface area contributed by atoms with Crippen molar-refractivity contribution in [2.45, 2.75) is 13.1 Å². The fraction of sp³-hybridized carbons (Fsp3) is 0.121. The number of benzene rings is 3. The molecule has 0 aliphatic carbocycles. The number of aromatic amines is 1. The van der Waals surface area contributed by atoms with Crippen LogP contribution in [0.5, 0.6) is 5.75 Å². The van der Waals surface area contributed by atoms with Gasteiger partial charge in [-0.3, -0.25) is 4.79 Å². The highest BCUT2D eigenvalue weighted by atomic mass is 32.1. The van der Waals surface area contributed by atoms with Crippen LogP contribution in [0, 0.1) is 0 Å². The van der Waals surface area contributed by atoms with Gasteiger partial charge in [0.2, 0.25) is 0 Å². The van der Waals surface area contributed by atoms with Crippen LogP contribution in [0.1, 0.15) is 21.5 Å². The van der Waals surface area contributed by atoms with Crippen LogP contribution in [-0.2, 0) is 13.1 Å². The molecule has 0 aliphatic heterocycles. The molecule has 7 nitrogen and oxygen atoms in total. The lowest BCUT2D eigenvalue weighted by Gasteiger charge is -2.25. The van der Waals surface area contributed by atoms with E-state index in [-0.39, 0.29) is 5.91 Å². The summed E-state index contributed by atoms with van der Waals surface area (Å²) in [7, 11) is 3.30. The average molecular weight is 560 g/mol. The first kappa shape index (κ1) is 26.3. The number of pyridine rings is 1. The molecule has 0 saturated carbocycles. The number of carbonyl (C=O) groups is 1. The summed E-state index contributed by atoms with van der Waals surface area (Å²) in [6.07, 6.45) is 3.46. The number of methoxy groups -OCH3 is 1. The van der Waals surface area contributed by atoms with Crippen LogP contribution >= 0.6 is 11.3 Å². The van der Waals surface area contributed by atoms with Crippen LogP contribution in [0.2, 0.25) is 0 Å². The Morgan fingerprint density at radius 1 is 0.951 bits per heavy atom. The Kier molecular flexibility index (Phi) is 7.47. The van der Waals surface area contributed by atoms with Gasteiger partial charge in [-0.05, 0) is 29.3 Å². The van der Waals surface area contributed by atoms with E-state index in [1.807, 2.05) is 66.0 Å². The van der Waals surface area contributed by atoms with Crippen molar-refractivity contribution in [2.24, 2.45) is 0 Å². The predicted molar refractivity (Wildman–Crippen MR) is 165 cm³/mol. The first-order valence-corrected chi connectivity index (χ1v) is 14.2. The van der Waals surface area contributed by atoms with E-state index >= 15 is 0 Å². The van der Waals surface area contributed by atoms with Gasteiger partial charge in [0.15, 0.2) is 5.82 Å². The van der Waals surface area contributed by atoms with Gasteiger partial charge in [0.25, 0.3) is 5.91 Å². The fourth-order valence-corrected chi connectivity index (χ4v) is 5.67. The number of hydrogen-bond donors (Lipinski definition) is 2. The molecule has 2 N–H and O–H groups in total. The molecule has 204 valence electrons. The van der Waals surface area contributed by atoms with E-state index < -0.39 is 0 Å². The maximum absolute atomic E-state index is 12.9. The molecule has 8 heteroatoms. The lowest BCUT2D eigenvalue weighted by atomic mass is 10.1. The summed E-state index contributed by atoms with van der Waals surface area (Å²) in [4.78, 5) is 28.1. The maximum atomic E-state index is 12.9. The summed E-state index contributed by atoms with van der Waals surface area (Å²) in [5.41, 5.74) is 6.34. The van der Waals surface area contributed by atoms with E-state index in [4.69, 9.17) is 9.72 Å². The monoisotopic (exact) mass is 559 g/mol. The lowest BCUT2D eigenvalue weighted by molar-refractivity contribution is 0.0964. The van der Waals surface area contributed by atoms with Crippen molar-refractivity contribution < 1.29 is 9.53 Å². The van der Waals surface area contributed by atoms with Gasteiger partial charge in [-0.1, -0.05) is 66.7 Å². The molecular weight excluding hydrogens is 530 g/mol. The molecular formula is C33H29N5O2S. The molecule has 0 atom stereocenters. The molecule has 41 heavy (non-hydrogen) atoms. The zero-order valence-corrected chi connectivity index (χ0v) is 23.6.